The summed E-state index contributed by atoms with van der Waals surface area (Å²) in [6.45, 7) is 2.30. The Morgan fingerprint density at radius 1 is 1.32 bits per heavy atom. The summed E-state index contributed by atoms with van der Waals surface area (Å²) in [6, 6.07) is 4.99. The quantitative estimate of drug-likeness (QED) is 0.785. The topological polar surface area (TPSA) is 30.5 Å². The monoisotopic (exact) mass is 267 g/mol. The van der Waals surface area contributed by atoms with Crippen molar-refractivity contribution in [3.05, 3.63) is 29.6 Å². The fraction of sp³-hybridized carbons (Fsp3) is 0.600. The molecular formula is C15H22FNO2. The minimum atomic E-state index is -0.214. The van der Waals surface area contributed by atoms with Crippen molar-refractivity contribution in [1.82, 2.24) is 5.32 Å². The zero-order chi connectivity index (χ0) is 13.7. The summed E-state index contributed by atoms with van der Waals surface area (Å²) in [4.78, 5) is 0. The number of methoxy groups -OCH3 is 2. The molecule has 2 rings (SSSR count). The van der Waals surface area contributed by atoms with Gasteiger partial charge in [-0.3, -0.25) is 0 Å². The lowest BCUT2D eigenvalue weighted by Crippen LogP contribution is -2.25. The smallest absolute Gasteiger partial charge is 0.131 e. The highest BCUT2D eigenvalue weighted by atomic mass is 19.1. The van der Waals surface area contributed by atoms with Crippen LogP contribution in [-0.2, 0) is 11.3 Å². The number of halogens is 1. The van der Waals surface area contributed by atoms with Crippen molar-refractivity contribution in [2.45, 2.75) is 25.8 Å². The van der Waals surface area contributed by atoms with Gasteiger partial charge in [-0.2, -0.15) is 0 Å². The van der Waals surface area contributed by atoms with E-state index in [1.807, 2.05) is 0 Å². The highest BCUT2D eigenvalue weighted by Crippen LogP contribution is 2.48. The number of hydrogen-bond donors (Lipinski definition) is 1. The Labute approximate surface area is 114 Å². The zero-order valence-corrected chi connectivity index (χ0v) is 11.7. The van der Waals surface area contributed by atoms with E-state index in [4.69, 9.17) is 9.47 Å². The van der Waals surface area contributed by atoms with Crippen LogP contribution in [0.15, 0.2) is 18.2 Å². The third-order valence-electron chi connectivity index (χ3n) is 3.87. The Balaban J connectivity index is 1.79. The Bertz CT molecular complexity index is 419. The third kappa shape index (κ3) is 3.91. The first kappa shape index (κ1) is 14.3. The second-order valence-electron chi connectivity index (χ2n) is 5.30. The molecule has 0 spiro atoms. The zero-order valence-electron chi connectivity index (χ0n) is 11.7. The molecule has 0 radical (unpaired) electrons. The van der Waals surface area contributed by atoms with Crippen molar-refractivity contribution in [3.63, 3.8) is 0 Å². The molecule has 1 N–H and O–H groups in total. The molecule has 1 aliphatic rings. The molecule has 4 heteroatoms. The predicted molar refractivity (Wildman–Crippen MR) is 72.8 cm³/mol. The first-order valence-corrected chi connectivity index (χ1v) is 6.71. The first-order chi connectivity index (χ1) is 9.19. The molecule has 0 amide bonds. The summed E-state index contributed by atoms with van der Waals surface area (Å²) in [7, 11) is 3.27. The van der Waals surface area contributed by atoms with E-state index >= 15 is 0 Å². The summed E-state index contributed by atoms with van der Waals surface area (Å²) in [6.07, 6.45) is 3.57. The highest BCUT2D eigenvalue weighted by molar-refractivity contribution is 5.28. The van der Waals surface area contributed by atoms with E-state index in [1.54, 1.807) is 26.4 Å². The van der Waals surface area contributed by atoms with Gasteiger partial charge in [-0.1, -0.05) is 6.07 Å². The van der Waals surface area contributed by atoms with Crippen molar-refractivity contribution >= 4 is 0 Å². The molecule has 0 aromatic heterocycles. The highest BCUT2D eigenvalue weighted by Gasteiger charge is 2.41. The minimum Gasteiger partial charge on any atom is -0.497 e. The average Bonchev–Trinajstić information content (AvgIpc) is 3.19. The molecule has 1 aliphatic carbocycles. The van der Waals surface area contributed by atoms with Crippen LogP contribution in [-0.4, -0.2) is 27.4 Å². The van der Waals surface area contributed by atoms with Crippen LogP contribution < -0.4 is 10.1 Å². The second-order valence-corrected chi connectivity index (χ2v) is 5.30. The van der Waals surface area contributed by atoms with Crippen LogP contribution in [0.5, 0.6) is 5.75 Å². The van der Waals surface area contributed by atoms with Crippen molar-refractivity contribution < 1.29 is 13.9 Å². The summed E-state index contributed by atoms with van der Waals surface area (Å²) in [5.74, 6) is 0.341. The fourth-order valence-corrected chi connectivity index (χ4v) is 2.27. The van der Waals surface area contributed by atoms with Crippen LogP contribution in [0, 0.1) is 11.2 Å². The molecule has 0 atom stereocenters. The van der Waals surface area contributed by atoms with Crippen molar-refractivity contribution in [3.8, 4) is 5.75 Å². The van der Waals surface area contributed by atoms with Gasteiger partial charge in [0.05, 0.1) is 7.11 Å². The van der Waals surface area contributed by atoms with Crippen molar-refractivity contribution in [2.75, 3.05) is 27.4 Å². The van der Waals surface area contributed by atoms with Gasteiger partial charge in [0.1, 0.15) is 11.6 Å². The van der Waals surface area contributed by atoms with E-state index in [1.165, 1.54) is 18.9 Å². The third-order valence-corrected chi connectivity index (χ3v) is 3.87. The van der Waals surface area contributed by atoms with E-state index < -0.39 is 0 Å². The van der Waals surface area contributed by atoms with E-state index in [9.17, 15) is 4.39 Å². The van der Waals surface area contributed by atoms with Crippen LogP contribution in [0.4, 0.5) is 4.39 Å². The first-order valence-electron chi connectivity index (χ1n) is 6.71. The van der Waals surface area contributed by atoms with Crippen LogP contribution in [0.3, 0.4) is 0 Å². The van der Waals surface area contributed by atoms with Gasteiger partial charge in [0, 0.05) is 38.4 Å². The maximum atomic E-state index is 13.7. The largest absolute Gasteiger partial charge is 0.497 e. The number of hydrogen-bond acceptors (Lipinski definition) is 3. The second kappa shape index (κ2) is 6.35. The molecule has 106 valence electrons. The summed E-state index contributed by atoms with van der Waals surface area (Å²) in [5, 5.41) is 3.36. The normalized spacial score (nSPS) is 16.4. The maximum absolute atomic E-state index is 13.7. The van der Waals surface area contributed by atoms with E-state index in [0.29, 0.717) is 23.3 Å². The Morgan fingerprint density at radius 3 is 2.68 bits per heavy atom. The summed E-state index contributed by atoms with van der Waals surface area (Å²) < 4.78 is 23.8. The summed E-state index contributed by atoms with van der Waals surface area (Å²) >= 11 is 0. The van der Waals surface area contributed by atoms with Gasteiger partial charge in [0.2, 0.25) is 0 Å². The molecule has 0 unspecified atom stereocenters. The van der Waals surface area contributed by atoms with E-state index in [0.717, 1.165) is 19.6 Å². The standard InChI is InChI=1S/C15H22FNO2/c1-18-8-7-15(5-6-15)11-17-10-12-3-4-13(19-2)9-14(12)16/h3-4,9,17H,5-8,10-11H2,1-2H3. The van der Waals surface area contributed by atoms with Gasteiger partial charge < -0.3 is 14.8 Å². The van der Waals surface area contributed by atoms with Gasteiger partial charge in [0.15, 0.2) is 0 Å². The molecule has 19 heavy (non-hydrogen) atoms. The summed E-state index contributed by atoms with van der Waals surface area (Å²) in [5.41, 5.74) is 1.07. The molecule has 0 heterocycles. The number of nitrogens with one attached hydrogen (secondary N) is 1. The molecule has 1 aromatic carbocycles. The van der Waals surface area contributed by atoms with Gasteiger partial charge in [0.25, 0.3) is 0 Å². The van der Waals surface area contributed by atoms with Gasteiger partial charge in [-0.25, -0.2) is 4.39 Å². The Morgan fingerprint density at radius 2 is 2.11 bits per heavy atom. The molecule has 0 bridgehead atoms. The lowest BCUT2D eigenvalue weighted by Gasteiger charge is -2.15. The maximum Gasteiger partial charge on any atom is 0.131 e. The van der Waals surface area contributed by atoms with E-state index in [-0.39, 0.29) is 5.82 Å². The molecule has 1 fully saturated rings. The van der Waals surface area contributed by atoms with Gasteiger partial charge in [-0.15, -0.1) is 0 Å². The molecule has 0 aliphatic heterocycles. The van der Waals surface area contributed by atoms with E-state index in [2.05, 4.69) is 5.32 Å². The predicted octanol–water partition coefficient (Wildman–Crippen LogP) is 2.74. The van der Waals surface area contributed by atoms with Crippen molar-refractivity contribution in [1.29, 1.82) is 0 Å². The van der Waals surface area contributed by atoms with Gasteiger partial charge >= 0.3 is 0 Å². The van der Waals surface area contributed by atoms with Crippen LogP contribution in [0.1, 0.15) is 24.8 Å². The Kier molecular flexibility index (Phi) is 4.77. The SMILES string of the molecule is COCCC1(CNCc2ccc(OC)cc2F)CC1. The van der Waals surface area contributed by atoms with Crippen molar-refractivity contribution in [2.24, 2.45) is 5.41 Å². The molecular weight excluding hydrogens is 245 g/mol. The molecule has 1 saturated carbocycles. The average molecular weight is 267 g/mol. The lowest BCUT2D eigenvalue weighted by molar-refractivity contribution is 0.171. The Hall–Kier alpha value is -1.13. The van der Waals surface area contributed by atoms with Crippen LogP contribution in [0.2, 0.25) is 0 Å². The van der Waals surface area contributed by atoms with Crippen LogP contribution in [0.25, 0.3) is 0 Å². The fourth-order valence-electron chi connectivity index (χ4n) is 2.27. The molecule has 3 nitrogen and oxygen atoms in total. The lowest BCUT2D eigenvalue weighted by atomic mass is 10.0. The molecule has 1 aromatic rings. The number of rotatable bonds is 8. The molecule has 0 saturated heterocycles. The van der Waals surface area contributed by atoms with Crippen LogP contribution >= 0.6 is 0 Å². The van der Waals surface area contributed by atoms with Gasteiger partial charge in [-0.05, 0) is 30.7 Å². The minimum absolute atomic E-state index is 0.214. The number of benzene rings is 1. The number of ether oxygens (including phenoxy) is 2.